The van der Waals surface area contributed by atoms with Crippen molar-refractivity contribution in [2.24, 2.45) is 5.73 Å². The Morgan fingerprint density at radius 2 is 1.74 bits per heavy atom. The fraction of sp³-hybridized carbons (Fsp3) is 0.267. The molecule has 0 saturated carbocycles. The van der Waals surface area contributed by atoms with Gasteiger partial charge in [0.2, 0.25) is 0 Å². The Bertz CT molecular complexity index is 497. The maximum Gasteiger partial charge on any atom is 0.155 e. The minimum absolute atomic E-state index is 0.156. The van der Waals surface area contributed by atoms with Gasteiger partial charge in [0.25, 0.3) is 0 Å². The highest BCUT2D eigenvalue weighted by atomic mass is 16.5. The van der Waals surface area contributed by atoms with Crippen molar-refractivity contribution in [3.8, 4) is 11.5 Å². The third-order valence-electron chi connectivity index (χ3n) is 2.78. The van der Waals surface area contributed by atoms with Gasteiger partial charge in [-0.1, -0.05) is 6.07 Å². The third kappa shape index (κ3) is 3.45. The van der Waals surface area contributed by atoms with Crippen LogP contribution in [0, 0.1) is 0 Å². The molecule has 0 spiro atoms. The van der Waals surface area contributed by atoms with Crippen LogP contribution in [-0.2, 0) is 0 Å². The van der Waals surface area contributed by atoms with Crippen LogP contribution in [0.2, 0.25) is 0 Å². The molecule has 2 aromatic rings. The molecule has 1 heterocycles. The maximum atomic E-state index is 5.98. The van der Waals surface area contributed by atoms with E-state index in [2.05, 4.69) is 4.98 Å². The number of methoxy groups -OCH3 is 1. The SMILES string of the molecule is COc1ccc(OC(c2ccccn2)C(C)N)cc1. The van der Waals surface area contributed by atoms with Crippen molar-refractivity contribution < 1.29 is 9.47 Å². The summed E-state index contributed by atoms with van der Waals surface area (Å²) in [6.07, 6.45) is 1.47. The molecule has 0 aliphatic heterocycles. The van der Waals surface area contributed by atoms with Gasteiger partial charge < -0.3 is 15.2 Å². The van der Waals surface area contributed by atoms with Crippen molar-refractivity contribution in [2.75, 3.05) is 7.11 Å². The van der Waals surface area contributed by atoms with Crippen molar-refractivity contribution >= 4 is 0 Å². The van der Waals surface area contributed by atoms with E-state index in [4.69, 9.17) is 15.2 Å². The fourth-order valence-corrected chi connectivity index (χ4v) is 1.78. The summed E-state index contributed by atoms with van der Waals surface area (Å²) in [5.41, 5.74) is 6.81. The number of nitrogens with zero attached hydrogens (tertiary/aromatic N) is 1. The second kappa shape index (κ2) is 6.20. The summed E-state index contributed by atoms with van der Waals surface area (Å²) < 4.78 is 11.0. The molecule has 2 N–H and O–H groups in total. The van der Waals surface area contributed by atoms with Gasteiger partial charge in [-0.2, -0.15) is 0 Å². The number of hydrogen-bond acceptors (Lipinski definition) is 4. The Morgan fingerprint density at radius 1 is 1.05 bits per heavy atom. The molecule has 19 heavy (non-hydrogen) atoms. The van der Waals surface area contributed by atoms with Crippen LogP contribution in [0.4, 0.5) is 0 Å². The van der Waals surface area contributed by atoms with E-state index in [-0.39, 0.29) is 12.1 Å². The van der Waals surface area contributed by atoms with E-state index < -0.39 is 0 Å². The molecular formula is C15H18N2O2. The lowest BCUT2D eigenvalue weighted by molar-refractivity contribution is 0.175. The average molecular weight is 258 g/mol. The van der Waals surface area contributed by atoms with Gasteiger partial charge in [-0.15, -0.1) is 0 Å². The summed E-state index contributed by atoms with van der Waals surface area (Å²) in [5, 5.41) is 0. The van der Waals surface area contributed by atoms with Crippen LogP contribution in [0.3, 0.4) is 0 Å². The molecule has 2 rings (SSSR count). The van der Waals surface area contributed by atoms with E-state index in [0.29, 0.717) is 0 Å². The van der Waals surface area contributed by atoms with Gasteiger partial charge in [0.1, 0.15) is 11.5 Å². The Hall–Kier alpha value is -2.07. The first-order valence-corrected chi connectivity index (χ1v) is 6.18. The molecule has 4 heteroatoms. The average Bonchev–Trinajstić information content (AvgIpc) is 2.46. The molecular weight excluding hydrogens is 240 g/mol. The number of rotatable bonds is 5. The summed E-state index contributed by atoms with van der Waals surface area (Å²) in [5.74, 6) is 1.54. The number of nitrogens with two attached hydrogens (primary N) is 1. The quantitative estimate of drug-likeness (QED) is 0.895. The van der Waals surface area contributed by atoms with Crippen molar-refractivity contribution in [1.82, 2.24) is 4.98 Å². The lowest BCUT2D eigenvalue weighted by atomic mass is 10.1. The second-order valence-corrected chi connectivity index (χ2v) is 4.33. The van der Waals surface area contributed by atoms with Crippen LogP contribution < -0.4 is 15.2 Å². The highest BCUT2D eigenvalue weighted by Gasteiger charge is 2.19. The second-order valence-electron chi connectivity index (χ2n) is 4.33. The summed E-state index contributed by atoms with van der Waals surface area (Å²) in [4.78, 5) is 4.30. The highest BCUT2D eigenvalue weighted by Crippen LogP contribution is 2.24. The molecule has 1 aromatic carbocycles. The lowest BCUT2D eigenvalue weighted by Crippen LogP contribution is -2.29. The first-order valence-electron chi connectivity index (χ1n) is 6.18. The molecule has 2 atom stereocenters. The zero-order chi connectivity index (χ0) is 13.7. The van der Waals surface area contributed by atoms with Gasteiger partial charge in [0.15, 0.2) is 6.10 Å². The minimum atomic E-state index is -0.269. The Balaban J connectivity index is 2.17. The molecule has 0 aliphatic rings. The van der Waals surface area contributed by atoms with Gasteiger partial charge in [0, 0.05) is 12.2 Å². The first kappa shape index (κ1) is 13.4. The monoisotopic (exact) mass is 258 g/mol. The van der Waals surface area contributed by atoms with Crippen LogP contribution in [0.15, 0.2) is 48.7 Å². The van der Waals surface area contributed by atoms with Crippen molar-refractivity contribution in [3.05, 3.63) is 54.4 Å². The van der Waals surface area contributed by atoms with Crippen molar-refractivity contribution in [3.63, 3.8) is 0 Å². The summed E-state index contributed by atoms with van der Waals surface area (Å²) in [7, 11) is 1.63. The van der Waals surface area contributed by atoms with E-state index >= 15 is 0 Å². The largest absolute Gasteiger partial charge is 0.497 e. The third-order valence-corrected chi connectivity index (χ3v) is 2.78. The number of pyridine rings is 1. The zero-order valence-electron chi connectivity index (χ0n) is 11.1. The Kier molecular flexibility index (Phi) is 4.36. The molecule has 1 aromatic heterocycles. The van der Waals surface area contributed by atoms with E-state index in [0.717, 1.165) is 17.2 Å². The number of aromatic nitrogens is 1. The molecule has 0 radical (unpaired) electrons. The molecule has 0 fully saturated rings. The standard InChI is InChI=1S/C15H18N2O2/c1-11(16)15(14-5-3-4-10-17-14)19-13-8-6-12(18-2)7-9-13/h3-11,15H,16H2,1-2H3. The molecule has 0 amide bonds. The molecule has 0 bridgehead atoms. The zero-order valence-corrected chi connectivity index (χ0v) is 11.1. The van der Waals surface area contributed by atoms with Crippen LogP contribution >= 0.6 is 0 Å². The molecule has 100 valence electrons. The molecule has 0 aliphatic carbocycles. The first-order chi connectivity index (χ1) is 9.20. The van der Waals surface area contributed by atoms with Gasteiger partial charge in [-0.3, -0.25) is 4.98 Å². The van der Waals surface area contributed by atoms with Crippen molar-refractivity contribution in [2.45, 2.75) is 19.1 Å². The minimum Gasteiger partial charge on any atom is -0.497 e. The summed E-state index contributed by atoms with van der Waals surface area (Å²) >= 11 is 0. The summed E-state index contributed by atoms with van der Waals surface area (Å²) in [6.45, 7) is 1.91. The summed E-state index contributed by atoms with van der Waals surface area (Å²) in [6, 6.07) is 13.0. The lowest BCUT2D eigenvalue weighted by Gasteiger charge is -2.22. The highest BCUT2D eigenvalue weighted by molar-refractivity contribution is 5.31. The van der Waals surface area contributed by atoms with Crippen LogP contribution in [0.1, 0.15) is 18.7 Å². The maximum absolute atomic E-state index is 5.98. The van der Waals surface area contributed by atoms with E-state index in [1.165, 1.54) is 0 Å². The van der Waals surface area contributed by atoms with Gasteiger partial charge >= 0.3 is 0 Å². The smallest absolute Gasteiger partial charge is 0.155 e. The number of ether oxygens (including phenoxy) is 2. The molecule has 2 unspecified atom stereocenters. The van der Waals surface area contributed by atoms with Gasteiger partial charge in [-0.05, 0) is 43.3 Å². The van der Waals surface area contributed by atoms with Crippen LogP contribution in [0.5, 0.6) is 11.5 Å². The molecule has 0 saturated heterocycles. The van der Waals surface area contributed by atoms with E-state index in [1.807, 2.05) is 49.4 Å². The topological polar surface area (TPSA) is 57.4 Å². The van der Waals surface area contributed by atoms with E-state index in [9.17, 15) is 0 Å². The fourth-order valence-electron chi connectivity index (χ4n) is 1.78. The van der Waals surface area contributed by atoms with Crippen LogP contribution in [-0.4, -0.2) is 18.1 Å². The van der Waals surface area contributed by atoms with Gasteiger partial charge in [-0.25, -0.2) is 0 Å². The molecule has 4 nitrogen and oxygen atoms in total. The Labute approximate surface area is 113 Å². The predicted octanol–water partition coefficient (Wildman–Crippen LogP) is 2.56. The number of hydrogen-bond donors (Lipinski definition) is 1. The van der Waals surface area contributed by atoms with Crippen molar-refractivity contribution in [1.29, 1.82) is 0 Å². The van der Waals surface area contributed by atoms with Gasteiger partial charge in [0.05, 0.1) is 12.8 Å². The normalized spacial score (nSPS) is 13.6. The van der Waals surface area contributed by atoms with Crippen LogP contribution in [0.25, 0.3) is 0 Å². The predicted molar refractivity (Wildman–Crippen MR) is 74.2 cm³/mol. The Morgan fingerprint density at radius 3 is 2.26 bits per heavy atom. The number of benzene rings is 1. The van der Waals surface area contributed by atoms with E-state index in [1.54, 1.807) is 13.3 Å².